The van der Waals surface area contributed by atoms with Crippen molar-refractivity contribution in [3.05, 3.63) is 72.5 Å². The van der Waals surface area contributed by atoms with Crippen LogP contribution < -0.4 is 19.5 Å². The van der Waals surface area contributed by atoms with E-state index in [2.05, 4.69) is 10.0 Å². The molecule has 27 heavy (non-hydrogen) atoms. The van der Waals surface area contributed by atoms with Gasteiger partial charge in [0.05, 0.1) is 4.90 Å². The lowest BCUT2D eigenvalue weighted by Crippen LogP contribution is -2.12. The van der Waals surface area contributed by atoms with Crippen molar-refractivity contribution >= 4 is 27.1 Å². The summed E-state index contributed by atoms with van der Waals surface area (Å²) in [7, 11) is -3.78. The lowest BCUT2D eigenvalue weighted by atomic mass is 10.2. The molecule has 1 aliphatic heterocycles. The molecule has 0 fully saturated rings. The smallest absolute Gasteiger partial charge is 0.261 e. The Morgan fingerprint density at radius 2 is 1.41 bits per heavy atom. The van der Waals surface area contributed by atoms with Crippen LogP contribution in [0.2, 0.25) is 0 Å². The first-order valence-corrected chi connectivity index (χ1v) is 9.53. The third-order valence-electron chi connectivity index (χ3n) is 3.92. The molecule has 4 rings (SSSR count). The van der Waals surface area contributed by atoms with Crippen LogP contribution >= 0.6 is 0 Å². The molecule has 0 amide bonds. The van der Waals surface area contributed by atoms with Crippen molar-refractivity contribution in [1.29, 1.82) is 0 Å². The van der Waals surface area contributed by atoms with Gasteiger partial charge >= 0.3 is 0 Å². The van der Waals surface area contributed by atoms with Crippen LogP contribution in [-0.2, 0) is 10.0 Å². The molecular formula is C19H15FN2O4S. The average molecular weight is 386 g/mol. The Hall–Kier alpha value is -3.26. The predicted octanol–water partition coefficient (Wildman–Crippen LogP) is 4.10. The fraction of sp³-hybridized carbons (Fsp3) is 0.0526. The molecule has 0 spiro atoms. The van der Waals surface area contributed by atoms with Crippen molar-refractivity contribution in [2.75, 3.05) is 16.8 Å². The quantitative estimate of drug-likeness (QED) is 0.690. The van der Waals surface area contributed by atoms with Gasteiger partial charge in [0, 0.05) is 23.1 Å². The largest absolute Gasteiger partial charge is 0.454 e. The normalized spacial score (nSPS) is 12.6. The standard InChI is InChI=1S/C19H15FN2O4S/c20-13-1-8-17(9-2-13)27(23,24)22-15-5-3-14(4-6-15)21-16-7-10-18-19(11-16)26-12-25-18/h1-11,21-22H,12H2. The van der Waals surface area contributed by atoms with Gasteiger partial charge in [0.15, 0.2) is 11.5 Å². The summed E-state index contributed by atoms with van der Waals surface area (Å²) in [5.74, 6) is 0.877. The number of halogens is 1. The fourth-order valence-electron chi connectivity index (χ4n) is 2.59. The minimum absolute atomic E-state index is 0.00791. The SMILES string of the molecule is O=S(=O)(Nc1ccc(Nc2ccc3c(c2)OCO3)cc1)c1ccc(F)cc1. The molecule has 6 nitrogen and oxygen atoms in total. The van der Waals surface area contributed by atoms with Crippen LogP contribution in [0.5, 0.6) is 11.5 Å². The number of fused-ring (bicyclic) bond motifs is 1. The molecule has 0 bridgehead atoms. The Bertz CT molecular complexity index is 1070. The number of nitrogens with one attached hydrogen (secondary N) is 2. The maximum Gasteiger partial charge on any atom is 0.261 e. The minimum Gasteiger partial charge on any atom is -0.454 e. The fourth-order valence-corrected chi connectivity index (χ4v) is 3.65. The highest BCUT2D eigenvalue weighted by molar-refractivity contribution is 7.92. The van der Waals surface area contributed by atoms with Gasteiger partial charge in [0.2, 0.25) is 6.79 Å². The number of hydrogen-bond donors (Lipinski definition) is 2. The lowest BCUT2D eigenvalue weighted by Gasteiger charge is -2.10. The van der Waals surface area contributed by atoms with Crippen LogP contribution in [0, 0.1) is 5.82 Å². The molecule has 0 unspecified atom stereocenters. The summed E-state index contributed by atoms with van der Waals surface area (Å²) in [4.78, 5) is -0.00791. The molecule has 2 N–H and O–H groups in total. The Morgan fingerprint density at radius 3 is 2.15 bits per heavy atom. The van der Waals surface area contributed by atoms with Crippen LogP contribution in [0.4, 0.5) is 21.5 Å². The van der Waals surface area contributed by atoms with E-state index in [0.717, 1.165) is 23.5 Å². The molecule has 0 aromatic heterocycles. The summed E-state index contributed by atoms with van der Waals surface area (Å²) >= 11 is 0. The number of rotatable bonds is 5. The molecular weight excluding hydrogens is 371 g/mol. The number of anilines is 3. The summed E-state index contributed by atoms with van der Waals surface area (Å²) < 4.78 is 50.7. The van der Waals surface area contributed by atoms with E-state index >= 15 is 0 Å². The van der Waals surface area contributed by atoms with Crippen molar-refractivity contribution in [3.63, 3.8) is 0 Å². The molecule has 0 radical (unpaired) electrons. The highest BCUT2D eigenvalue weighted by Gasteiger charge is 2.15. The van der Waals surface area contributed by atoms with E-state index in [1.807, 2.05) is 18.2 Å². The van der Waals surface area contributed by atoms with Gasteiger partial charge in [0.25, 0.3) is 10.0 Å². The first-order chi connectivity index (χ1) is 13.0. The maximum atomic E-state index is 13.0. The summed E-state index contributed by atoms with van der Waals surface area (Å²) in [6.07, 6.45) is 0. The summed E-state index contributed by atoms with van der Waals surface area (Å²) in [6.45, 7) is 0.210. The van der Waals surface area contributed by atoms with E-state index in [0.29, 0.717) is 17.2 Å². The lowest BCUT2D eigenvalue weighted by molar-refractivity contribution is 0.174. The molecule has 3 aromatic carbocycles. The van der Waals surface area contributed by atoms with E-state index in [1.54, 1.807) is 24.3 Å². The Balaban J connectivity index is 1.46. The number of benzene rings is 3. The first-order valence-electron chi connectivity index (χ1n) is 8.05. The monoisotopic (exact) mass is 386 g/mol. The molecule has 0 aliphatic carbocycles. The summed E-state index contributed by atoms with van der Waals surface area (Å²) in [5.41, 5.74) is 1.99. The molecule has 138 valence electrons. The molecule has 0 atom stereocenters. The van der Waals surface area contributed by atoms with Gasteiger partial charge in [-0.25, -0.2) is 12.8 Å². The third-order valence-corrected chi connectivity index (χ3v) is 5.32. The van der Waals surface area contributed by atoms with Crippen LogP contribution in [0.25, 0.3) is 0 Å². The van der Waals surface area contributed by atoms with E-state index < -0.39 is 15.8 Å². The Morgan fingerprint density at radius 1 is 0.778 bits per heavy atom. The second kappa shape index (κ2) is 6.81. The maximum absolute atomic E-state index is 13.0. The van der Waals surface area contributed by atoms with E-state index in [4.69, 9.17) is 9.47 Å². The molecule has 8 heteroatoms. The third kappa shape index (κ3) is 3.80. The van der Waals surface area contributed by atoms with Crippen LogP contribution in [0.3, 0.4) is 0 Å². The summed E-state index contributed by atoms with van der Waals surface area (Å²) in [5, 5.41) is 3.21. The van der Waals surface area contributed by atoms with Gasteiger partial charge in [-0.2, -0.15) is 0 Å². The second-order valence-electron chi connectivity index (χ2n) is 5.83. The second-order valence-corrected chi connectivity index (χ2v) is 7.51. The minimum atomic E-state index is -3.78. The summed E-state index contributed by atoms with van der Waals surface area (Å²) in [6, 6.07) is 16.9. The molecule has 1 heterocycles. The van der Waals surface area contributed by atoms with Crippen molar-refractivity contribution in [3.8, 4) is 11.5 Å². The molecule has 3 aromatic rings. The van der Waals surface area contributed by atoms with Gasteiger partial charge < -0.3 is 14.8 Å². The number of sulfonamides is 1. The van der Waals surface area contributed by atoms with Gasteiger partial charge in [-0.05, 0) is 60.7 Å². The molecule has 1 aliphatic rings. The van der Waals surface area contributed by atoms with Crippen molar-refractivity contribution in [2.24, 2.45) is 0 Å². The van der Waals surface area contributed by atoms with E-state index in [9.17, 15) is 12.8 Å². The highest BCUT2D eigenvalue weighted by atomic mass is 32.2. The van der Waals surface area contributed by atoms with Crippen LogP contribution in [-0.4, -0.2) is 15.2 Å². The van der Waals surface area contributed by atoms with Gasteiger partial charge in [-0.3, -0.25) is 4.72 Å². The van der Waals surface area contributed by atoms with Gasteiger partial charge in [-0.1, -0.05) is 0 Å². The number of ether oxygens (including phenoxy) is 2. The molecule has 0 saturated carbocycles. The van der Waals surface area contributed by atoms with E-state index in [-0.39, 0.29) is 11.7 Å². The Labute approximate surface area is 155 Å². The highest BCUT2D eigenvalue weighted by Crippen LogP contribution is 2.35. The first kappa shape index (κ1) is 17.2. The topological polar surface area (TPSA) is 76.7 Å². The zero-order chi connectivity index (χ0) is 18.9. The van der Waals surface area contributed by atoms with E-state index in [1.165, 1.54) is 12.1 Å². The van der Waals surface area contributed by atoms with Crippen molar-refractivity contribution in [1.82, 2.24) is 0 Å². The van der Waals surface area contributed by atoms with Crippen molar-refractivity contribution < 1.29 is 22.3 Å². The van der Waals surface area contributed by atoms with Crippen molar-refractivity contribution in [2.45, 2.75) is 4.90 Å². The molecule has 0 saturated heterocycles. The number of hydrogen-bond acceptors (Lipinski definition) is 5. The van der Waals surface area contributed by atoms with Gasteiger partial charge in [0.1, 0.15) is 5.82 Å². The average Bonchev–Trinajstić information content (AvgIpc) is 3.11. The van der Waals surface area contributed by atoms with Gasteiger partial charge in [-0.15, -0.1) is 0 Å². The van der Waals surface area contributed by atoms with Crippen LogP contribution in [0.15, 0.2) is 71.6 Å². The Kier molecular flexibility index (Phi) is 4.33. The zero-order valence-corrected chi connectivity index (χ0v) is 14.8. The predicted molar refractivity (Wildman–Crippen MR) is 99.5 cm³/mol. The van der Waals surface area contributed by atoms with Crippen LogP contribution in [0.1, 0.15) is 0 Å². The zero-order valence-electron chi connectivity index (χ0n) is 14.0.